The second kappa shape index (κ2) is 4.31. The summed E-state index contributed by atoms with van der Waals surface area (Å²) < 4.78 is 10.7. The highest BCUT2D eigenvalue weighted by atomic mass is 16.5. The van der Waals surface area contributed by atoms with Crippen LogP contribution in [0.3, 0.4) is 0 Å². The number of rotatable bonds is 4. The van der Waals surface area contributed by atoms with E-state index in [1.807, 2.05) is 25.1 Å². The third-order valence-corrected chi connectivity index (χ3v) is 2.07. The molecule has 80 valence electrons. The average Bonchev–Trinajstić information content (AvgIpc) is 2.68. The fourth-order valence-electron chi connectivity index (χ4n) is 1.36. The molecule has 4 heteroatoms. The van der Waals surface area contributed by atoms with E-state index >= 15 is 0 Å². The lowest BCUT2D eigenvalue weighted by Gasteiger charge is -2.02. The molecular formula is C11H13NO3. The second-order valence-electron chi connectivity index (χ2n) is 3.16. The molecule has 1 heterocycles. The number of oxazole rings is 1. The van der Waals surface area contributed by atoms with Crippen molar-refractivity contribution in [2.24, 2.45) is 0 Å². The van der Waals surface area contributed by atoms with Crippen LogP contribution in [0.15, 0.2) is 22.6 Å². The number of nitrogens with zero attached hydrogens (tertiary/aromatic N) is 1. The number of fused-ring (bicyclic) bond motifs is 1. The Morgan fingerprint density at radius 3 is 3.07 bits per heavy atom. The summed E-state index contributed by atoms with van der Waals surface area (Å²) in [5.41, 5.74) is 1.56. The standard InChI is InChI=1S/C11H13NO3/c1-2-11-12-9-7-8(14-6-5-13)3-4-10(9)15-11/h3-4,7,13H,2,5-6H2,1H3. The summed E-state index contributed by atoms with van der Waals surface area (Å²) >= 11 is 0. The predicted octanol–water partition coefficient (Wildman–Crippen LogP) is 1.76. The largest absolute Gasteiger partial charge is 0.491 e. The van der Waals surface area contributed by atoms with Gasteiger partial charge >= 0.3 is 0 Å². The molecule has 0 saturated heterocycles. The van der Waals surface area contributed by atoms with Gasteiger partial charge in [0.05, 0.1) is 6.61 Å². The van der Waals surface area contributed by atoms with E-state index in [1.165, 1.54) is 0 Å². The Morgan fingerprint density at radius 2 is 2.33 bits per heavy atom. The quantitative estimate of drug-likeness (QED) is 0.830. The van der Waals surface area contributed by atoms with Gasteiger partial charge in [-0.25, -0.2) is 4.98 Å². The Hall–Kier alpha value is -1.55. The Kier molecular flexibility index (Phi) is 2.87. The van der Waals surface area contributed by atoms with Crippen LogP contribution in [0.4, 0.5) is 0 Å². The normalized spacial score (nSPS) is 10.8. The van der Waals surface area contributed by atoms with Gasteiger partial charge in [-0.15, -0.1) is 0 Å². The highest BCUT2D eigenvalue weighted by molar-refractivity contribution is 5.74. The number of hydrogen-bond donors (Lipinski definition) is 1. The zero-order valence-corrected chi connectivity index (χ0v) is 8.56. The van der Waals surface area contributed by atoms with E-state index in [0.29, 0.717) is 12.4 Å². The molecule has 0 bridgehead atoms. The molecule has 1 N–H and O–H groups in total. The van der Waals surface area contributed by atoms with Gasteiger partial charge in [0, 0.05) is 12.5 Å². The number of hydrogen-bond acceptors (Lipinski definition) is 4. The molecule has 0 aliphatic rings. The third kappa shape index (κ3) is 2.10. The maximum Gasteiger partial charge on any atom is 0.195 e. The van der Waals surface area contributed by atoms with Crippen molar-refractivity contribution in [3.05, 3.63) is 24.1 Å². The summed E-state index contributed by atoms with van der Waals surface area (Å²) in [6, 6.07) is 5.45. The number of aryl methyl sites for hydroxylation is 1. The van der Waals surface area contributed by atoms with E-state index < -0.39 is 0 Å². The predicted molar refractivity (Wildman–Crippen MR) is 56.0 cm³/mol. The summed E-state index contributed by atoms with van der Waals surface area (Å²) in [6.07, 6.45) is 0.779. The van der Waals surface area contributed by atoms with Crippen molar-refractivity contribution in [2.45, 2.75) is 13.3 Å². The highest BCUT2D eigenvalue weighted by Crippen LogP contribution is 2.21. The number of aromatic nitrogens is 1. The van der Waals surface area contributed by atoms with Crippen molar-refractivity contribution in [3.8, 4) is 5.75 Å². The first-order chi connectivity index (χ1) is 7.33. The van der Waals surface area contributed by atoms with Gasteiger partial charge in [0.2, 0.25) is 0 Å². The molecule has 0 unspecified atom stereocenters. The van der Waals surface area contributed by atoms with Gasteiger partial charge in [0.25, 0.3) is 0 Å². The van der Waals surface area contributed by atoms with Gasteiger partial charge in [-0.2, -0.15) is 0 Å². The van der Waals surface area contributed by atoms with Crippen LogP contribution < -0.4 is 4.74 Å². The lowest BCUT2D eigenvalue weighted by molar-refractivity contribution is 0.201. The van der Waals surface area contributed by atoms with Gasteiger partial charge in [0.15, 0.2) is 11.5 Å². The zero-order valence-electron chi connectivity index (χ0n) is 8.56. The van der Waals surface area contributed by atoms with Crippen LogP contribution in [0.2, 0.25) is 0 Å². The summed E-state index contributed by atoms with van der Waals surface area (Å²) in [5, 5.41) is 8.62. The molecule has 0 fully saturated rings. The fraction of sp³-hybridized carbons (Fsp3) is 0.364. The van der Waals surface area contributed by atoms with E-state index in [9.17, 15) is 0 Å². The summed E-state index contributed by atoms with van der Waals surface area (Å²) in [4.78, 5) is 4.29. The van der Waals surface area contributed by atoms with Gasteiger partial charge in [-0.3, -0.25) is 0 Å². The molecule has 4 nitrogen and oxygen atoms in total. The molecule has 15 heavy (non-hydrogen) atoms. The van der Waals surface area contributed by atoms with Crippen molar-refractivity contribution in [2.75, 3.05) is 13.2 Å². The zero-order chi connectivity index (χ0) is 10.7. The topological polar surface area (TPSA) is 55.5 Å². The highest BCUT2D eigenvalue weighted by Gasteiger charge is 2.04. The molecule has 0 aliphatic carbocycles. The number of aliphatic hydroxyl groups is 1. The smallest absolute Gasteiger partial charge is 0.195 e. The average molecular weight is 207 g/mol. The molecule has 1 aromatic carbocycles. The van der Waals surface area contributed by atoms with E-state index in [4.69, 9.17) is 14.3 Å². The van der Waals surface area contributed by atoms with Crippen LogP contribution >= 0.6 is 0 Å². The Balaban J connectivity index is 2.29. The minimum absolute atomic E-state index is 0.0110. The monoisotopic (exact) mass is 207 g/mol. The SMILES string of the molecule is CCc1nc2cc(OCCO)ccc2o1. The molecule has 0 saturated carbocycles. The Labute approximate surface area is 87.5 Å². The van der Waals surface area contributed by atoms with Crippen molar-refractivity contribution >= 4 is 11.1 Å². The lowest BCUT2D eigenvalue weighted by Crippen LogP contribution is -2.01. The van der Waals surface area contributed by atoms with Crippen LogP contribution in [0.1, 0.15) is 12.8 Å². The Morgan fingerprint density at radius 1 is 1.47 bits per heavy atom. The van der Waals surface area contributed by atoms with Gasteiger partial charge < -0.3 is 14.3 Å². The van der Waals surface area contributed by atoms with Crippen LogP contribution in [0.25, 0.3) is 11.1 Å². The molecular weight excluding hydrogens is 194 g/mol. The van der Waals surface area contributed by atoms with Crippen LogP contribution in [0.5, 0.6) is 5.75 Å². The second-order valence-corrected chi connectivity index (χ2v) is 3.16. The molecule has 0 atom stereocenters. The lowest BCUT2D eigenvalue weighted by atomic mass is 10.3. The molecule has 0 radical (unpaired) electrons. The van der Waals surface area contributed by atoms with Crippen molar-refractivity contribution < 1.29 is 14.3 Å². The minimum atomic E-state index is 0.0110. The first kappa shape index (κ1) is 9.98. The summed E-state index contributed by atoms with van der Waals surface area (Å²) in [6.45, 7) is 2.30. The maximum absolute atomic E-state index is 8.62. The molecule has 2 rings (SSSR count). The van der Waals surface area contributed by atoms with Crippen molar-refractivity contribution in [3.63, 3.8) is 0 Å². The van der Waals surface area contributed by atoms with E-state index in [-0.39, 0.29) is 6.61 Å². The molecule has 0 spiro atoms. The van der Waals surface area contributed by atoms with Crippen molar-refractivity contribution in [1.29, 1.82) is 0 Å². The first-order valence-electron chi connectivity index (χ1n) is 4.96. The van der Waals surface area contributed by atoms with Crippen LogP contribution in [-0.4, -0.2) is 23.3 Å². The molecule has 0 amide bonds. The summed E-state index contributed by atoms with van der Waals surface area (Å²) in [5.74, 6) is 1.43. The van der Waals surface area contributed by atoms with Gasteiger partial charge in [-0.1, -0.05) is 6.92 Å². The third-order valence-electron chi connectivity index (χ3n) is 2.07. The molecule has 0 aliphatic heterocycles. The number of benzene rings is 1. The minimum Gasteiger partial charge on any atom is -0.491 e. The van der Waals surface area contributed by atoms with Crippen LogP contribution in [-0.2, 0) is 6.42 Å². The summed E-state index contributed by atoms with van der Waals surface area (Å²) in [7, 11) is 0. The van der Waals surface area contributed by atoms with E-state index in [0.717, 1.165) is 23.4 Å². The number of aliphatic hydroxyl groups excluding tert-OH is 1. The van der Waals surface area contributed by atoms with E-state index in [1.54, 1.807) is 0 Å². The molecule has 1 aromatic heterocycles. The van der Waals surface area contributed by atoms with E-state index in [2.05, 4.69) is 4.98 Å². The number of ether oxygens (including phenoxy) is 1. The van der Waals surface area contributed by atoms with Crippen molar-refractivity contribution in [1.82, 2.24) is 4.98 Å². The van der Waals surface area contributed by atoms with Gasteiger partial charge in [-0.05, 0) is 12.1 Å². The maximum atomic E-state index is 8.62. The fourth-order valence-corrected chi connectivity index (χ4v) is 1.36. The van der Waals surface area contributed by atoms with Gasteiger partial charge in [0.1, 0.15) is 17.9 Å². The van der Waals surface area contributed by atoms with Crippen LogP contribution in [0, 0.1) is 0 Å². The molecule has 2 aromatic rings. The first-order valence-corrected chi connectivity index (χ1v) is 4.96. The Bertz CT molecular complexity index is 450.